The third-order valence-corrected chi connectivity index (χ3v) is 4.09. The highest BCUT2D eigenvalue weighted by Gasteiger charge is 2.12. The average molecular weight is 251 g/mol. The van der Waals surface area contributed by atoms with E-state index < -0.39 is 15.6 Å². The molecule has 4 heteroatoms. The molecule has 1 atom stereocenters. The third kappa shape index (κ3) is 3.39. The number of hydrogen-bond acceptors (Lipinski definition) is 2. The minimum Gasteiger partial charge on any atom is -0.245 e. The molecule has 0 aliphatic carbocycles. The predicted octanol–water partition coefficient (Wildman–Crippen LogP) is 4.04. The van der Waals surface area contributed by atoms with Crippen molar-refractivity contribution in [3.8, 4) is 0 Å². The SMILES string of the molecule is C=C(F)/C=C\C(=C/C)S(=N)(=O)c1ccccc1. The van der Waals surface area contributed by atoms with E-state index in [0.29, 0.717) is 4.90 Å². The van der Waals surface area contributed by atoms with E-state index in [2.05, 4.69) is 6.58 Å². The van der Waals surface area contributed by atoms with Gasteiger partial charge in [-0.05, 0) is 31.2 Å². The molecule has 0 spiro atoms. The van der Waals surface area contributed by atoms with Crippen LogP contribution in [0.5, 0.6) is 0 Å². The Morgan fingerprint density at radius 2 is 1.94 bits per heavy atom. The van der Waals surface area contributed by atoms with Crippen LogP contribution in [0.3, 0.4) is 0 Å². The van der Waals surface area contributed by atoms with Gasteiger partial charge < -0.3 is 0 Å². The first kappa shape index (κ1) is 13.4. The quantitative estimate of drug-likeness (QED) is 0.806. The fourth-order valence-corrected chi connectivity index (χ4v) is 2.68. The highest BCUT2D eigenvalue weighted by Crippen LogP contribution is 2.21. The molecule has 1 N–H and O–H groups in total. The van der Waals surface area contributed by atoms with Gasteiger partial charge in [0.15, 0.2) is 0 Å². The summed E-state index contributed by atoms with van der Waals surface area (Å²) in [5, 5.41) is 0. The van der Waals surface area contributed by atoms with Gasteiger partial charge in [0, 0.05) is 4.91 Å². The van der Waals surface area contributed by atoms with Gasteiger partial charge in [-0.3, -0.25) is 0 Å². The monoisotopic (exact) mass is 251 g/mol. The Morgan fingerprint density at radius 3 is 2.41 bits per heavy atom. The molecule has 0 saturated heterocycles. The molecule has 17 heavy (non-hydrogen) atoms. The van der Waals surface area contributed by atoms with Crippen molar-refractivity contribution in [1.29, 1.82) is 4.78 Å². The first-order valence-electron chi connectivity index (χ1n) is 5.01. The lowest BCUT2D eigenvalue weighted by atomic mass is 10.4. The van der Waals surface area contributed by atoms with Crippen molar-refractivity contribution in [2.75, 3.05) is 0 Å². The van der Waals surface area contributed by atoms with Crippen molar-refractivity contribution >= 4 is 9.73 Å². The van der Waals surface area contributed by atoms with E-state index in [1.165, 1.54) is 6.08 Å². The van der Waals surface area contributed by atoms with Crippen LogP contribution in [0.25, 0.3) is 0 Å². The van der Waals surface area contributed by atoms with Gasteiger partial charge in [0.1, 0.15) is 15.6 Å². The molecule has 1 aromatic rings. The van der Waals surface area contributed by atoms with E-state index >= 15 is 0 Å². The van der Waals surface area contributed by atoms with Gasteiger partial charge in [0.25, 0.3) is 0 Å². The summed E-state index contributed by atoms with van der Waals surface area (Å²) >= 11 is 0. The summed E-state index contributed by atoms with van der Waals surface area (Å²) in [4.78, 5) is 0.671. The molecule has 0 radical (unpaired) electrons. The van der Waals surface area contributed by atoms with Crippen LogP contribution in [0.15, 0.2) is 70.8 Å². The molecule has 1 rings (SSSR count). The maximum atomic E-state index is 12.5. The number of hydrogen-bond donors (Lipinski definition) is 1. The molecule has 0 amide bonds. The van der Waals surface area contributed by atoms with E-state index in [1.807, 2.05) is 0 Å². The zero-order chi connectivity index (χ0) is 12.9. The second-order valence-electron chi connectivity index (χ2n) is 3.34. The molecule has 0 fully saturated rings. The lowest BCUT2D eigenvalue weighted by molar-refractivity contribution is 0.671. The van der Waals surface area contributed by atoms with E-state index in [0.717, 1.165) is 6.08 Å². The van der Waals surface area contributed by atoms with E-state index in [1.54, 1.807) is 43.3 Å². The number of nitrogens with one attached hydrogen (secondary N) is 1. The molecule has 2 nitrogen and oxygen atoms in total. The Hall–Kier alpha value is -1.68. The summed E-state index contributed by atoms with van der Waals surface area (Å²) in [6, 6.07) is 8.46. The normalized spacial score (nSPS) is 15.8. The second kappa shape index (κ2) is 5.59. The van der Waals surface area contributed by atoms with Crippen molar-refractivity contribution in [3.05, 3.63) is 65.9 Å². The molecule has 1 aromatic carbocycles. The molecule has 0 heterocycles. The minimum absolute atomic E-state index is 0.266. The number of rotatable bonds is 4. The summed E-state index contributed by atoms with van der Waals surface area (Å²) in [6.45, 7) is 4.75. The van der Waals surface area contributed by atoms with Crippen LogP contribution < -0.4 is 0 Å². The van der Waals surface area contributed by atoms with Gasteiger partial charge in [0.2, 0.25) is 0 Å². The first-order valence-corrected chi connectivity index (χ1v) is 6.57. The molecule has 0 bridgehead atoms. The van der Waals surface area contributed by atoms with Crippen LogP contribution in [0.1, 0.15) is 6.92 Å². The molecular weight excluding hydrogens is 237 g/mol. The molecule has 1 unspecified atom stereocenters. The van der Waals surface area contributed by atoms with Crippen molar-refractivity contribution < 1.29 is 8.60 Å². The van der Waals surface area contributed by atoms with Crippen molar-refractivity contribution in [3.63, 3.8) is 0 Å². The van der Waals surface area contributed by atoms with Gasteiger partial charge in [-0.1, -0.05) is 30.9 Å². The zero-order valence-electron chi connectivity index (χ0n) is 9.52. The Morgan fingerprint density at radius 1 is 1.35 bits per heavy atom. The Bertz CT molecular complexity index is 556. The van der Waals surface area contributed by atoms with Gasteiger partial charge >= 0.3 is 0 Å². The summed E-state index contributed by atoms with van der Waals surface area (Å²) in [5.74, 6) is -0.632. The van der Waals surface area contributed by atoms with E-state index in [4.69, 9.17) is 4.78 Å². The largest absolute Gasteiger partial charge is 0.245 e. The fourth-order valence-electron chi connectivity index (χ4n) is 1.28. The molecule has 0 saturated carbocycles. The van der Waals surface area contributed by atoms with Crippen LogP contribution in [0, 0.1) is 4.78 Å². The molecule has 0 aliphatic rings. The van der Waals surface area contributed by atoms with Gasteiger partial charge in [-0.15, -0.1) is 0 Å². The Kier molecular flexibility index (Phi) is 4.40. The third-order valence-electron chi connectivity index (χ3n) is 2.12. The number of halogens is 1. The molecular formula is C13H14FNOS. The van der Waals surface area contributed by atoms with Crippen LogP contribution in [-0.4, -0.2) is 4.21 Å². The van der Waals surface area contributed by atoms with Gasteiger partial charge in [-0.25, -0.2) is 13.4 Å². The smallest absolute Gasteiger partial charge is 0.116 e. The molecule has 90 valence electrons. The van der Waals surface area contributed by atoms with Crippen LogP contribution >= 0.6 is 0 Å². The molecule has 0 aromatic heterocycles. The standard InChI is InChI=1S/C13H14FNOS/c1-3-12(10-9-11(2)14)17(15,16)13-7-5-4-6-8-13/h3-10,15H,2H2,1H3/b10-9-,12-3+. The average Bonchev–Trinajstić information content (AvgIpc) is 2.30. The number of allylic oxidation sites excluding steroid dienone is 4. The maximum absolute atomic E-state index is 12.5. The zero-order valence-corrected chi connectivity index (χ0v) is 10.3. The number of benzene rings is 1. The van der Waals surface area contributed by atoms with Crippen molar-refractivity contribution in [2.45, 2.75) is 11.8 Å². The Balaban J connectivity index is 3.18. The van der Waals surface area contributed by atoms with Gasteiger partial charge in [0.05, 0.1) is 4.90 Å². The van der Waals surface area contributed by atoms with E-state index in [-0.39, 0.29) is 4.91 Å². The minimum atomic E-state index is -3.08. The summed E-state index contributed by atoms with van der Waals surface area (Å²) in [6.07, 6.45) is 3.97. The predicted molar refractivity (Wildman–Crippen MR) is 68.7 cm³/mol. The van der Waals surface area contributed by atoms with Crippen LogP contribution in [0.2, 0.25) is 0 Å². The highest BCUT2D eigenvalue weighted by molar-refractivity contribution is 7.96. The topological polar surface area (TPSA) is 40.9 Å². The van der Waals surface area contributed by atoms with Crippen LogP contribution in [-0.2, 0) is 9.73 Å². The van der Waals surface area contributed by atoms with E-state index in [9.17, 15) is 8.60 Å². The van der Waals surface area contributed by atoms with Crippen molar-refractivity contribution in [2.24, 2.45) is 0 Å². The maximum Gasteiger partial charge on any atom is 0.116 e. The summed E-state index contributed by atoms with van der Waals surface area (Å²) < 4.78 is 32.8. The lowest BCUT2D eigenvalue weighted by Crippen LogP contribution is -2.00. The summed E-state index contributed by atoms with van der Waals surface area (Å²) in [7, 11) is -3.08. The van der Waals surface area contributed by atoms with Gasteiger partial charge in [-0.2, -0.15) is 0 Å². The fraction of sp³-hybridized carbons (Fsp3) is 0.0769. The first-order chi connectivity index (χ1) is 7.98. The Labute approximate surface area is 101 Å². The van der Waals surface area contributed by atoms with Crippen LogP contribution in [0.4, 0.5) is 4.39 Å². The van der Waals surface area contributed by atoms with Crippen molar-refractivity contribution in [1.82, 2.24) is 0 Å². The molecule has 0 aliphatic heterocycles. The summed E-state index contributed by atoms with van der Waals surface area (Å²) in [5.41, 5.74) is 0. The second-order valence-corrected chi connectivity index (χ2v) is 5.40. The highest BCUT2D eigenvalue weighted by atomic mass is 32.2. The lowest BCUT2D eigenvalue weighted by Gasteiger charge is -2.07.